The van der Waals surface area contributed by atoms with Crippen molar-refractivity contribution in [3.05, 3.63) is 60.7 Å². The molecule has 6 nitrogen and oxygen atoms in total. The van der Waals surface area contributed by atoms with Gasteiger partial charge in [0.05, 0.1) is 37.0 Å². The molecule has 1 saturated heterocycles. The van der Waals surface area contributed by atoms with Crippen molar-refractivity contribution in [2.24, 2.45) is 0 Å². The average molecular weight is 438 g/mol. The summed E-state index contributed by atoms with van der Waals surface area (Å²) in [4.78, 5) is 19.9. The monoisotopic (exact) mass is 437 g/mol. The van der Waals surface area contributed by atoms with E-state index in [1.54, 1.807) is 14.2 Å². The van der Waals surface area contributed by atoms with Gasteiger partial charge in [0.2, 0.25) is 5.91 Å². The minimum absolute atomic E-state index is 0.00913. The van der Waals surface area contributed by atoms with Crippen LogP contribution in [0.25, 0.3) is 11.0 Å². The average Bonchev–Trinajstić information content (AvgIpc) is 3.42. The second-order valence-electron chi connectivity index (χ2n) is 7.42. The predicted molar refractivity (Wildman–Crippen MR) is 124 cm³/mol. The van der Waals surface area contributed by atoms with Crippen molar-refractivity contribution in [3.63, 3.8) is 0 Å². The Morgan fingerprint density at radius 3 is 2.87 bits per heavy atom. The van der Waals surface area contributed by atoms with Crippen LogP contribution in [0.5, 0.6) is 11.5 Å². The third kappa shape index (κ3) is 4.28. The van der Waals surface area contributed by atoms with E-state index in [-0.39, 0.29) is 11.9 Å². The Hall–Kier alpha value is -2.93. The molecule has 0 radical (unpaired) electrons. The number of allylic oxidation sites excluding steroid dienone is 1. The summed E-state index contributed by atoms with van der Waals surface area (Å²) in [7, 11) is 3.31. The molecule has 0 spiro atoms. The summed E-state index contributed by atoms with van der Waals surface area (Å²) in [6, 6.07) is 13.8. The fourth-order valence-corrected chi connectivity index (χ4v) is 5.08. The fraction of sp³-hybridized carbons (Fsp3) is 0.333. The maximum atomic E-state index is 13.2. The number of hydrogen-bond donors (Lipinski definition) is 0. The van der Waals surface area contributed by atoms with Crippen molar-refractivity contribution in [3.8, 4) is 11.5 Å². The molecule has 0 bridgehead atoms. The highest BCUT2D eigenvalue weighted by Gasteiger charge is 2.32. The zero-order valence-corrected chi connectivity index (χ0v) is 18.7. The van der Waals surface area contributed by atoms with Gasteiger partial charge in [0.15, 0.2) is 5.16 Å². The van der Waals surface area contributed by atoms with Crippen molar-refractivity contribution in [2.45, 2.75) is 30.6 Å². The van der Waals surface area contributed by atoms with Crippen LogP contribution in [-0.2, 0) is 11.3 Å². The van der Waals surface area contributed by atoms with E-state index in [0.717, 1.165) is 52.6 Å². The van der Waals surface area contributed by atoms with Crippen LogP contribution in [0.15, 0.2) is 60.3 Å². The second-order valence-corrected chi connectivity index (χ2v) is 8.37. The Morgan fingerprint density at radius 2 is 2.10 bits per heavy atom. The van der Waals surface area contributed by atoms with Gasteiger partial charge < -0.3 is 18.9 Å². The Balaban J connectivity index is 1.53. The first-order valence-corrected chi connectivity index (χ1v) is 11.3. The topological polar surface area (TPSA) is 56.6 Å². The number of hydrogen-bond acceptors (Lipinski definition) is 5. The molecule has 31 heavy (non-hydrogen) atoms. The van der Waals surface area contributed by atoms with Gasteiger partial charge in [-0.25, -0.2) is 4.98 Å². The number of benzene rings is 2. The molecule has 1 aliphatic heterocycles. The second kappa shape index (κ2) is 9.47. The summed E-state index contributed by atoms with van der Waals surface area (Å²) in [6.07, 6.45) is 3.73. The first kappa shape index (κ1) is 21.3. The lowest BCUT2D eigenvalue weighted by Gasteiger charge is -2.26. The highest BCUT2D eigenvalue weighted by Crippen LogP contribution is 2.39. The number of amides is 1. The number of rotatable bonds is 8. The van der Waals surface area contributed by atoms with Crippen LogP contribution >= 0.6 is 11.8 Å². The molecule has 1 amide bonds. The molecule has 3 aromatic rings. The number of imidazole rings is 1. The number of thioether (sulfide) groups is 1. The van der Waals surface area contributed by atoms with Crippen LogP contribution in [0.3, 0.4) is 0 Å². The zero-order chi connectivity index (χ0) is 21.8. The molecule has 0 aliphatic carbocycles. The quantitative estimate of drug-likeness (QED) is 0.378. The van der Waals surface area contributed by atoms with E-state index >= 15 is 0 Å². The molecule has 1 unspecified atom stereocenters. The zero-order valence-electron chi connectivity index (χ0n) is 17.9. The molecule has 1 aliphatic rings. The van der Waals surface area contributed by atoms with Gasteiger partial charge in [-0.15, -0.1) is 6.58 Å². The molecule has 0 N–H and O–H groups in total. The molecule has 162 valence electrons. The molecule has 1 fully saturated rings. The maximum absolute atomic E-state index is 13.2. The van der Waals surface area contributed by atoms with Crippen molar-refractivity contribution < 1.29 is 14.3 Å². The Kier molecular flexibility index (Phi) is 6.51. The van der Waals surface area contributed by atoms with E-state index in [0.29, 0.717) is 12.3 Å². The number of aromatic nitrogens is 2. The fourth-order valence-electron chi connectivity index (χ4n) is 4.17. The van der Waals surface area contributed by atoms with Gasteiger partial charge in [0, 0.05) is 18.7 Å². The summed E-state index contributed by atoms with van der Waals surface area (Å²) in [5, 5.41) is 0.837. The number of nitrogens with zero attached hydrogens (tertiary/aromatic N) is 3. The Labute approximate surface area is 186 Å². The van der Waals surface area contributed by atoms with E-state index < -0.39 is 0 Å². The first-order valence-electron chi connectivity index (χ1n) is 10.4. The van der Waals surface area contributed by atoms with Gasteiger partial charge in [-0.2, -0.15) is 0 Å². The van der Waals surface area contributed by atoms with Crippen molar-refractivity contribution >= 4 is 28.7 Å². The van der Waals surface area contributed by atoms with Crippen LogP contribution in [0, 0.1) is 0 Å². The first-order chi connectivity index (χ1) is 15.2. The summed E-state index contributed by atoms with van der Waals surface area (Å²) in [5.74, 6) is 1.99. The molecule has 2 aromatic carbocycles. The molecular formula is C24H27N3O3S. The highest BCUT2D eigenvalue weighted by molar-refractivity contribution is 7.99. The van der Waals surface area contributed by atoms with Gasteiger partial charge in [0.25, 0.3) is 0 Å². The predicted octanol–water partition coefficient (Wildman–Crippen LogP) is 4.70. The van der Waals surface area contributed by atoms with Gasteiger partial charge in [-0.1, -0.05) is 30.0 Å². The van der Waals surface area contributed by atoms with Gasteiger partial charge in [-0.05, 0) is 43.2 Å². The molecule has 1 aromatic heterocycles. The lowest BCUT2D eigenvalue weighted by Crippen LogP contribution is -2.32. The molecule has 7 heteroatoms. The molecule has 0 saturated carbocycles. The number of likely N-dealkylation sites (tertiary alicyclic amines) is 1. The third-order valence-corrected chi connectivity index (χ3v) is 6.59. The number of carbonyl (C=O) groups excluding carboxylic acids is 1. The van der Waals surface area contributed by atoms with Crippen molar-refractivity contribution in [2.75, 3.05) is 26.5 Å². The van der Waals surface area contributed by atoms with Gasteiger partial charge in [-0.3, -0.25) is 4.79 Å². The van der Waals surface area contributed by atoms with Crippen LogP contribution < -0.4 is 9.47 Å². The molecule has 2 heterocycles. The number of para-hydroxylation sites is 2. The third-order valence-electron chi connectivity index (χ3n) is 5.62. The van der Waals surface area contributed by atoms with Crippen LogP contribution in [0.2, 0.25) is 0 Å². The van der Waals surface area contributed by atoms with Crippen LogP contribution in [0.4, 0.5) is 0 Å². The number of carbonyl (C=O) groups is 1. The summed E-state index contributed by atoms with van der Waals surface area (Å²) in [6.45, 7) is 5.26. The molecule has 1 atom stereocenters. The number of fused-ring (bicyclic) bond motifs is 1. The van der Waals surface area contributed by atoms with E-state index in [4.69, 9.17) is 14.5 Å². The van der Waals surface area contributed by atoms with Crippen LogP contribution in [0.1, 0.15) is 24.4 Å². The van der Waals surface area contributed by atoms with Gasteiger partial charge >= 0.3 is 0 Å². The van der Waals surface area contributed by atoms with E-state index in [1.807, 2.05) is 53.4 Å². The molecule has 4 rings (SSSR count). The van der Waals surface area contributed by atoms with Crippen LogP contribution in [-0.4, -0.2) is 46.9 Å². The Bertz CT molecular complexity index is 1090. The number of ether oxygens (including phenoxy) is 2. The van der Waals surface area contributed by atoms with E-state index in [1.165, 1.54) is 11.8 Å². The normalized spacial score (nSPS) is 15.9. The Morgan fingerprint density at radius 1 is 1.26 bits per heavy atom. The summed E-state index contributed by atoms with van der Waals surface area (Å²) in [5.41, 5.74) is 2.98. The lowest BCUT2D eigenvalue weighted by molar-refractivity contribution is -0.129. The minimum Gasteiger partial charge on any atom is -0.497 e. The van der Waals surface area contributed by atoms with E-state index in [2.05, 4.69) is 11.1 Å². The van der Waals surface area contributed by atoms with Gasteiger partial charge in [0.1, 0.15) is 11.5 Å². The summed E-state index contributed by atoms with van der Waals surface area (Å²) < 4.78 is 13.1. The summed E-state index contributed by atoms with van der Waals surface area (Å²) >= 11 is 1.48. The SMILES string of the molecule is C=CCn1c(SCC(=O)N2CCCC2c2cc(OC)ccc2OC)nc2ccccc21. The maximum Gasteiger partial charge on any atom is 0.233 e. The minimum atomic E-state index is -0.00913. The standard InChI is InChI=1S/C24H27N3O3S/c1-4-13-27-21-9-6-5-8-19(21)25-24(27)31-16-23(28)26-14-7-10-20(26)18-15-17(29-2)11-12-22(18)30-3/h4-6,8-9,11-12,15,20H,1,7,10,13-14,16H2,2-3H3. The smallest absolute Gasteiger partial charge is 0.233 e. The highest BCUT2D eigenvalue weighted by atomic mass is 32.2. The largest absolute Gasteiger partial charge is 0.497 e. The number of methoxy groups -OCH3 is 2. The van der Waals surface area contributed by atoms with Crippen molar-refractivity contribution in [1.82, 2.24) is 14.5 Å². The lowest BCUT2D eigenvalue weighted by atomic mass is 10.0. The van der Waals surface area contributed by atoms with Crippen molar-refractivity contribution in [1.29, 1.82) is 0 Å². The molecular weight excluding hydrogens is 410 g/mol. The van der Waals surface area contributed by atoms with E-state index in [9.17, 15) is 4.79 Å².